The minimum Gasteiger partial charge on any atom is -0.478 e. The summed E-state index contributed by atoms with van der Waals surface area (Å²) < 4.78 is 0. The van der Waals surface area contributed by atoms with Gasteiger partial charge in [0.15, 0.2) is 0 Å². The normalized spacial score (nSPS) is 11.9. The zero-order valence-electron chi connectivity index (χ0n) is 10.9. The summed E-state index contributed by atoms with van der Waals surface area (Å²) in [5.74, 6) is -1.31. The van der Waals surface area contributed by atoms with Crippen molar-refractivity contribution in [2.75, 3.05) is 13.2 Å². The molecule has 1 amide bonds. The summed E-state index contributed by atoms with van der Waals surface area (Å²) >= 11 is 0. The van der Waals surface area contributed by atoms with Gasteiger partial charge in [0, 0.05) is 13.2 Å². The van der Waals surface area contributed by atoms with Crippen molar-refractivity contribution in [1.29, 1.82) is 0 Å². The van der Waals surface area contributed by atoms with E-state index in [0.29, 0.717) is 13.0 Å². The highest BCUT2D eigenvalue weighted by molar-refractivity contribution is 6.04. The molecule has 1 atom stereocenters. The number of carbonyl (C=O) groups excluding carboxylic acids is 1. The van der Waals surface area contributed by atoms with Gasteiger partial charge in [-0.05, 0) is 24.5 Å². The number of amides is 1. The standard InChI is InChI=1S/C14H19NO4/c1-2-10(7-8-16)9-15-13(17)11-5-3-4-6-12(11)14(18)19/h3-6,10,16H,2,7-9H2,1H3,(H,15,17)(H,18,19). The smallest absolute Gasteiger partial charge is 0.336 e. The van der Waals surface area contributed by atoms with Crippen LogP contribution in [0, 0.1) is 5.92 Å². The molecule has 1 aromatic rings. The highest BCUT2D eigenvalue weighted by Crippen LogP contribution is 2.10. The molecule has 1 aromatic carbocycles. The molecule has 5 heteroatoms. The van der Waals surface area contributed by atoms with E-state index in [0.717, 1.165) is 6.42 Å². The second-order valence-electron chi connectivity index (χ2n) is 4.35. The highest BCUT2D eigenvalue weighted by atomic mass is 16.4. The van der Waals surface area contributed by atoms with Crippen LogP contribution in [0.15, 0.2) is 24.3 Å². The molecule has 104 valence electrons. The molecule has 3 N–H and O–H groups in total. The Labute approximate surface area is 112 Å². The zero-order valence-corrected chi connectivity index (χ0v) is 10.9. The molecule has 0 bridgehead atoms. The maximum Gasteiger partial charge on any atom is 0.336 e. The quantitative estimate of drug-likeness (QED) is 0.697. The number of benzene rings is 1. The van der Waals surface area contributed by atoms with Crippen LogP contribution in [-0.2, 0) is 0 Å². The van der Waals surface area contributed by atoms with Crippen LogP contribution in [0.1, 0.15) is 40.5 Å². The Bertz CT molecular complexity index is 445. The van der Waals surface area contributed by atoms with E-state index in [-0.39, 0.29) is 23.7 Å². The van der Waals surface area contributed by atoms with E-state index in [4.69, 9.17) is 10.2 Å². The summed E-state index contributed by atoms with van der Waals surface area (Å²) in [4.78, 5) is 23.0. The van der Waals surface area contributed by atoms with Gasteiger partial charge in [0.1, 0.15) is 0 Å². The fourth-order valence-electron chi connectivity index (χ4n) is 1.83. The third-order valence-corrected chi connectivity index (χ3v) is 3.07. The summed E-state index contributed by atoms with van der Waals surface area (Å²) in [5.41, 5.74) is 0.157. The van der Waals surface area contributed by atoms with Gasteiger partial charge in [-0.3, -0.25) is 4.79 Å². The van der Waals surface area contributed by atoms with Crippen molar-refractivity contribution in [2.24, 2.45) is 5.92 Å². The maximum absolute atomic E-state index is 12.0. The number of aliphatic hydroxyl groups excluding tert-OH is 1. The molecule has 0 saturated heterocycles. The number of aliphatic hydroxyl groups is 1. The van der Waals surface area contributed by atoms with Gasteiger partial charge in [0.05, 0.1) is 11.1 Å². The number of hydrogen-bond acceptors (Lipinski definition) is 3. The molecule has 1 unspecified atom stereocenters. The Morgan fingerprint density at radius 1 is 1.26 bits per heavy atom. The van der Waals surface area contributed by atoms with Crippen LogP contribution in [0.25, 0.3) is 0 Å². The molecule has 19 heavy (non-hydrogen) atoms. The van der Waals surface area contributed by atoms with Crippen LogP contribution in [0.4, 0.5) is 0 Å². The summed E-state index contributed by atoms with van der Waals surface area (Å²) in [7, 11) is 0. The number of carboxylic acids is 1. The van der Waals surface area contributed by atoms with Crippen molar-refractivity contribution in [1.82, 2.24) is 5.32 Å². The molecule has 0 aromatic heterocycles. The van der Waals surface area contributed by atoms with Gasteiger partial charge in [0.25, 0.3) is 5.91 Å². The summed E-state index contributed by atoms with van der Waals surface area (Å²) in [6.07, 6.45) is 1.47. The molecule has 1 rings (SSSR count). The Hall–Kier alpha value is -1.88. The maximum atomic E-state index is 12.0. The average molecular weight is 265 g/mol. The molecule has 0 radical (unpaired) electrons. The van der Waals surface area contributed by atoms with Gasteiger partial charge in [-0.15, -0.1) is 0 Å². The number of nitrogens with one attached hydrogen (secondary N) is 1. The third kappa shape index (κ3) is 4.37. The minimum atomic E-state index is -1.12. The lowest BCUT2D eigenvalue weighted by molar-refractivity contribution is 0.0691. The summed E-state index contributed by atoms with van der Waals surface area (Å²) in [6.45, 7) is 2.50. The van der Waals surface area contributed by atoms with E-state index in [2.05, 4.69) is 5.32 Å². The Morgan fingerprint density at radius 3 is 2.42 bits per heavy atom. The zero-order chi connectivity index (χ0) is 14.3. The first-order valence-electron chi connectivity index (χ1n) is 6.31. The Kier molecular flexibility index (Phi) is 6.02. The minimum absolute atomic E-state index is 0.00444. The second-order valence-corrected chi connectivity index (χ2v) is 4.35. The van der Waals surface area contributed by atoms with Gasteiger partial charge >= 0.3 is 5.97 Å². The van der Waals surface area contributed by atoms with Crippen molar-refractivity contribution < 1.29 is 19.8 Å². The number of carboxylic acid groups (broad SMARTS) is 1. The molecule has 0 aliphatic rings. The second kappa shape index (κ2) is 7.53. The fourth-order valence-corrected chi connectivity index (χ4v) is 1.83. The molecule has 0 aliphatic carbocycles. The third-order valence-electron chi connectivity index (χ3n) is 3.07. The summed E-state index contributed by atoms with van der Waals surface area (Å²) in [5, 5.41) is 20.6. The lowest BCUT2D eigenvalue weighted by Gasteiger charge is -2.14. The molecular weight excluding hydrogens is 246 g/mol. The largest absolute Gasteiger partial charge is 0.478 e. The van der Waals surface area contributed by atoms with Gasteiger partial charge in [-0.1, -0.05) is 25.5 Å². The van der Waals surface area contributed by atoms with Crippen molar-refractivity contribution >= 4 is 11.9 Å². The van der Waals surface area contributed by atoms with E-state index in [1.54, 1.807) is 12.1 Å². The average Bonchev–Trinajstić information content (AvgIpc) is 2.43. The molecule has 5 nitrogen and oxygen atoms in total. The van der Waals surface area contributed by atoms with Gasteiger partial charge in [0.2, 0.25) is 0 Å². The van der Waals surface area contributed by atoms with E-state index in [9.17, 15) is 9.59 Å². The van der Waals surface area contributed by atoms with Crippen molar-refractivity contribution in [3.63, 3.8) is 0 Å². The van der Waals surface area contributed by atoms with Crippen LogP contribution >= 0.6 is 0 Å². The van der Waals surface area contributed by atoms with Crippen LogP contribution in [0.2, 0.25) is 0 Å². The fraction of sp³-hybridized carbons (Fsp3) is 0.429. The predicted octanol–water partition coefficient (Wildman–Crippen LogP) is 1.52. The van der Waals surface area contributed by atoms with E-state index >= 15 is 0 Å². The van der Waals surface area contributed by atoms with Crippen LogP contribution in [0.3, 0.4) is 0 Å². The van der Waals surface area contributed by atoms with E-state index in [1.165, 1.54) is 12.1 Å². The van der Waals surface area contributed by atoms with Crippen molar-refractivity contribution in [3.05, 3.63) is 35.4 Å². The predicted molar refractivity (Wildman–Crippen MR) is 71.2 cm³/mol. The van der Waals surface area contributed by atoms with Crippen LogP contribution in [-0.4, -0.2) is 35.2 Å². The number of hydrogen-bond donors (Lipinski definition) is 3. The topological polar surface area (TPSA) is 86.6 Å². The highest BCUT2D eigenvalue weighted by Gasteiger charge is 2.16. The monoisotopic (exact) mass is 265 g/mol. The molecule has 0 fully saturated rings. The van der Waals surface area contributed by atoms with Crippen LogP contribution < -0.4 is 5.32 Å². The molecule has 0 aliphatic heterocycles. The molecular formula is C14H19NO4. The first-order valence-corrected chi connectivity index (χ1v) is 6.31. The molecule has 0 saturated carbocycles. The van der Waals surface area contributed by atoms with Crippen molar-refractivity contribution in [2.45, 2.75) is 19.8 Å². The van der Waals surface area contributed by atoms with Crippen LogP contribution in [0.5, 0.6) is 0 Å². The SMILES string of the molecule is CCC(CCO)CNC(=O)c1ccccc1C(=O)O. The van der Waals surface area contributed by atoms with E-state index in [1.807, 2.05) is 6.92 Å². The molecule has 0 spiro atoms. The van der Waals surface area contributed by atoms with E-state index < -0.39 is 11.9 Å². The first-order chi connectivity index (χ1) is 9.10. The van der Waals surface area contributed by atoms with Gasteiger partial charge in [-0.25, -0.2) is 4.79 Å². The summed E-state index contributed by atoms with van der Waals surface area (Å²) in [6, 6.07) is 6.11. The van der Waals surface area contributed by atoms with Gasteiger partial charge in [-0.2, -0.15) is 0 Å². The number of aromatic carboxylic acids is 1. The lowest BCUT2D eigenvalue weighted by Crippen LogP contribution is -2.30. The number of rotatable bonds is 7. The first kappa shape index (κ1) is 15.2. The molecule has 0 heterocycles. The van der Waals surface area contributed by atoms with Crippen molar-refractivity contribution in [3.8, 4) is 0 Å². The Balaban J connectivity index is 2.71. The number of carbonyl (C=O) groups is 2. The Morgan fingerprint density at radius 2 is 1.89 bits per heavy atom. The lowest BCUT2D eigenvalue weighted by atomic mass is 10.0. The van der Waals surface area contributed by atoms with Gasteiger partial charge < -0.3 is 15.5 Å².